The zero-order chi connectivity index (χ0) is 11.1. The van der Waals surface area contributed by atoms with Crippen LogP contribution in [0.25, 0.3) is 0 Å². The molecule has 0 spiro atoms. The van der Waals surface area contributed by atoms with Gasteiger partial charge in [0.05, 0.1) is 6.07 Å². The van der Waals surface area contributed by atoms with Crippen LogP contribution >= 0.6 is 0 Å². The number of nitrogens with zero attached hydrogens (tertiary/aromatic N) is 2. The summed E-state index contributed by atoms with van der Waals surface area (Å²) in [6.45, 7) is 1.62. The zero-order valence-electron chi connectivity index (χ0n) is 8.91. The maximum absolute atomic E-state index is 12.8. The van der Waals surface area contributed by atoms with E-state index >= 15 is 0 Å². The van der Waals surface area contributed by atoms with Crippen LogP contribution in [0.3, 0.4) is 0 Å². The van der Waals surface area contributed by atoms with E-state index in [1.165, 1.54) is 6.07 Å². The molecule has 2 nitrogen and oxygen atoms in total. The summed E-state index contributed by atoms with van der Waals surface area (Å²) in [4.78, 5) is 2.08. The molecule has 0 saturated carbocycles. The van der Waals surface area contributed by atoms with E-state index in [0.29, 0.717) is 6.42 Å². The second-order valence-electron chi connectivity index (χ2n) is 3.59. The van der Waals surface area contributed by atoms with Crippen LogP contribution in [0.1, 0.15) is 12.0 Å². The molecule has 0 saturated heterocycles. The third-order valence-corrected chi connectivity index (χ3v) is 2.28. The summed E-state index contributed by atoms with van der Waals surface area (Å²) in [5.74, 6) is -0.188. The fourth-order valence-electron chi connectivity index (χ4n) is 1.37. The normalized spacial score (nSPS) is 10.3. The third-order valence-electron chi connectivity index (χ3n) is 2.28. The second kappa shape index (κ2) is 6.15. The van der Waals surface area contributed by atoms with Crippen LogP contribution in [-0.4, -0.2) is 25.0 Å². The molecule has 0 aliphatic heterocycles. The van der Waals surface area contributed by atoms with Gasteiger partial charge >= 0.3 is 0 Å². The Hall–Kier alpha value is -1.40. The molecule has 0 heterocycles. The molecule has 80 valence electrons. The molecule has 0 amide bonds. The molecule has 3 heteroatoms. The minimum atomic E-state index is -0.188. The molecule has 1 aromatic rings. The maximum Gasteiger partial charge on any atom is 0.123 e. The molecule has 0 N–H and O–H groups in total. The molecule has 0 bridgehead atoms. The number of halogens is 1. The fraction of sp³-hybridized carbons (Fsp3) is 0.417. The van der Waals surface area contributed by atoms with Crippen LogP contribution < -0.4 is 0 Å². The van der Waals surface area contributed by atoms with Crippen LogP contribution in [0.5, 0.6) is 0 Å². The lowest BCUT2D eigenvalue weighted by Crippen LogP contribution is -2.22. The smallest absolute Gasteiger partial charge is 0.123 e. The molecular weight excluding hydrogens is 191 g/mol. The lowest BCUT2D eigenvalue weighted by Gasteiger charge is -2.14. The first-order chi connectivity index (χ1) is 7.22. The van der Waals surface area contributed by atoms with Gasteiger partial charge in [-0.3, -0.25) is 0 Å². The van der Waals surface area contributed by atoms with E-state index in [-0.39, 0.29) is 5.82 Å². The summed E-state index contributed by atoms with van der Waals surface area (Å²) < 4.78 is 12.8. The summed E-state index contributed by atoms with van der Waals surface area (Å²) in [5.41, 5.74) is 0.999. The highest BCUT2D eigenvalue weighted by Crippen LogP contribution is 2.04. The van der Waals surface area contributed by atoms with Gasteiger partial charge in [-0.25, -0.2) is 4.39 Å². The molecule has 15 heavy (non-hydrogen) atoms. The summed E-state index contributed by atoms with van der Waals surface area (Å²) in [7, 11) is 1.97. The van der Waals surface area contributed by atoms with Gasteiger partial charge < -0.3 is 4.90 Å². The summed E-state index contributed by atoms with van der Waals surface area (Å²) in [5, 5.41) is 8.41. The van der Waals surface area contributed by atoms with Crippen LogP contribution in [-0.2, 0) is 6.42 Å². The number of nitriles is 1. The van der Waals surface area contributed by atoms with Gasteiger partial charge in [-0.15, -0.1) is 0 Å². The van der Waals surface area contributed by atoms with E-state index in [2.05, 4.69) is 11.0 Å². The molecule has 0 radical (unpaired) electrons. The average molecular weight is 206 g/mol. The van der Waals surface area contributed by atoms with Crippen LogP contribution in [0.15, 0.2) is 24.3 Å². The van der Waals surface area contributed by atoms with Crippen molar-refractivity contribution in [3.8, 4) is 6.07 Å². The molecule has 0 unspecified atom stereocenters. The van der Waals surface area contributed by atoms with Crippen molar-refractivity contribution in [3.05, 3.63) is 35.6 Å². The topological polar surface area (TPSA) is 27.0 Å². The zero-order valence-corrected chi connectivity index (χ0v) is 8.91. The Morgan fingerprint density at radius 2 is 2.20 bits per heavy atom. The highest BCUT2D eigenvalue weighted by Gasteiger charge is 1.99. The highest BCUT2D eigenvalue weighted by atomic mass is 19.1. The Bertz CT molecular complexity index is 344. The largest absolute Gasteiger partial charge is 0.305 e. The van der Waals surface area contributed by atoms with Gasteiger partial charge in [0.15, 0.2) is 0 Å². The van der Waals surface area contributed by atoms with Crippen molar-refractivity contribution >= 4 is 0 Å². The van der Waals surface area contributed by atoms with E-state index in [4.69, 9.17) is 5.26 Å². The average Bonchev–Trinajstić information content (AvgIpc) is 2.23. The number of benzene rings is 1. The van der Waals surface area contributed by atoms with E-state index in [1.807, 2.05) is 13.1 Å². The lowest BCUT2D eigenvalue weighted by atomic mass is 10.1. The van der Waals surface area contributed by atoms with Gasteiger partial charge in [-0.1, -0.05) is 12.1 Å². The lowest BCUT2D eigenvalue weighted by molar-refractivity contribution is 0.346. The number of hydrogen-bond acceptors (Lipinski definition) is 2. The standard InChI is InChI=1S/C12H15FN2/c1-15(8-3-7-14)9-6-11-4-2-5-12(13)10-11/h2,4-5,10H,3,6,8-9H2,1H3. The molecule has 1 rings (SSSR count). The molecule has 0 atom stereocenters. The molecule has 1 aromatic carbocycles. The van der Waals surface area contributed by atoms with Crippen molar-refractivity contribution in [2.24, 2.45) is 0 Å². The Morgan fingerprint density at radius 1 is 1.40 bits per heavy atom. The quantitative estimate of drug-likeness (QED) is 0.738. The molecular formula is C12H15FN2. The monoisotopic (exact) mass is 206 g/mol. The van der Waals surface area contributed by atoms with Crippen molar-refractivity contribution in [2.45, 2.75) is 12.8 Å². The van der Waals surface area contributed by atoms with Crippen molar-refractivity contribution in [3.63, 3.8) is 0 Å². The minimum absolute atomic E-state index is 0.188. The van der Waals surface area contributed by atoms with Crippen molar-refractivity contribution in [2.75, 3.05) is 20.1 Å². The number of likely N-dealkylation sites (N-methyl/N-ethyl adjacent to an activating group) is 1. The van der Waals surface area contributed by atoms with Crippen LogP contribution in [0, 0.1) is 17.1 Å². The Morgan fingerprint density at radius 3 is 2.87 bits per heavy atom. The van der Waals surface area contributed by atoms with Crippen molar-refractivity contribution in [1.82, 2.24) is 4.90 Å². The third kappa shape index (κ3) is 4.57. The summed E-state index contributed by atoms with van der Waals surface area (Å²) in [6, 6.07) is 8.75. The number of hydrogen-bond donors (Lipinski definition) is 0. The minimum Gasteiger partial charge on any atom is -0.305 e. The predicted molar refractivity (Wildman–Crippen MR) is 57.8 cm³/mol. The SMILES string of the molecule is CN(CCC#N)CCc1cccc(F)c1. The van der Waals surface area contributed by atoms with Gasteiger partial charge in [-0.2, -0.15) is 5.26 Å². The Kier molecular flexibility index (Phi) is 4.79. The molecule has 0 aromatic heterocycles. The van der Waals surface area contributed by atoms with Gasteiger partial charge in [0.2, 0.25) is 0 Å². The first kappa shape index (κ1) is 11.7. The Balaban J connectivity index is 2.34. The van der Waals surface area contributed by atoms with Crippen LogP contribution in [0.4, 0.5) is 4.39 Å². The van der Waals surface area contributed by atoms with Gasteiger partial charge in [-0.05, 0) is 31.2 Å². The van der Waals surface area contributed by atoms with E-state index in [9.17, 15) is 4.39 Å². The summed E-state index contributed by atoms with van der Waals surface area (Å²) in [6.07, 6.45) is 1.36. The van der Waals surface area contributed by atoms with Crippen LogP contribution in [0.2, 0.25) is 0 Å². The number of rotatable bonds is 5. The van der Waals surface area contributed by atoms with Crippen molar-refractivity contribution in [1.29, 1.82) is 5.26 Å². The Labute approximate surface area is 89.9 Å². The molecule has 0 fully saturated rings. The molecule has 0 aliphatic carbocycles. The first-order valence-electron chi connectivity index (χ1n) is 5.02. The van der Waals surface area contributed by atoms with E-state index < -0.39 is 0 Å². The first-order valence-corrected chi connectivity index (χ1v) is 5.02. The maximum atomic E-state index is 12.8. The van der Waals surface area contributed by atoms with Crippen molar-refractivity contribution < 1.29 is 4.39 Å². The highest BCUT2D eigenvalue weighted by molar-refractivity contribution is 5.16. The van der Waals surface area contributed by atoms with Gasteiger partial charge in [0.1, 0.15) is 5.82 Å². The predicted octanol–water partition coefficient (Wildman–Crippen LogP) is 2.21. The second-order valence-corrected chi connectivity index (χ2v) is 3.59. The summed E-state index contributed by atoms with van der Waals surface area (Å²) >= 11 is 0. The fourth-order valence-corrected chi connectivity index (χ4v) is 1.37. The van der Waals surface area contributed by atoms with E-state index in [1.54, 1.807) is 12.1 Å². The van der Waals surface area contributed by atoms with Gasteiger partial charge in [0, 0.05) is 19.5 Å². The molecule has 0 aliphatic rings. The van der Waals surface area contributed by atoms with E-state index in [0.717, 1.165) is 25.1 Å². The van der Waals surface area contributed by atoms with Gasteiger partial charge in [0.25, 0.3) is 0 Å².